The van der Waals surface area contributed by atoms with Crippen molar-refractivity contribution in [1.82, 2.24) is 29.8 Å². The molecule has 0 radical (unpaired) electrons. The summed E-state index contributed by atoms with van der Waals surface area (Å²) < 4.78 is 52.8. The molecule has 8 rings (SSSR count). The number of likely N-dealkylation sites (tertiary alicyclic amines) is 2. The van der Waals surface area contributed by atoms with E-state index in [1.165, 1.54) is 9.80 Å². The first kappa shape index (κ1) is 59.7. The van der Waals surface area contributed by atoms with Crippen molar-refractivity contribution in [3.63, 3.8) is 0 Å². The fraction of sp³-hybridized carbons (Fsp3) is 0.500. The lowest BCUT2D eigenvalue weighted by Crippen LogP contribution is -2.57. The molecular formula is C56H75BrN6O14. The third-order valence-corrected chi connectivity index (χ3v) is 14.5. The number of carbonyl (C=O) groups excluding carboxylic acids is 4. The van der Waals surface area contributed by atoms with Gasteiger partial charge in [-0.2, -0.15) is 0 Å². The van der Waals surface area contributed by atoms with E-state index in [0.29, 0.717) is 101 Å². The Kier molecular flexibility index (Phi) is 21.9. The summed E-state index contributed by atoms with van der Waals surface area (Å²) in [5.74, 6) is 5.04. The first-order chi connectivity index (χ1) is 37.2. The van der Waals surface area contributed by atoms with Crippen LogP contribution in [0.5, 0.6) is 46.0 Å². The number of hydrogen-bond donors (Lipinski definition) is 1. The number of carbonyl (C=O) groups is 4. The van der Waals surface area contributed by atoms with Crippen molar-refractivity contribution in [3.05, 3.63) is 95.1 Å². The van der Waals surface area contributed by atoms with Gasteiger partial charge in [0.2, 0.25) is 0 Å². The number of rotatable bonds is 21. The summed E-state index contributed by atoms with van der Waals surface area (Å²) in [6.07, 6.45) is 2.19. The molecule has 4 heterocycles. The number of hydrogen-bond acceptors (Lipinski definition) is 16. The van der Waals surface area contributed by atoms with Crippen molar-refractivity contribution in [2.75, 3.05) is 122 Å². The van der Waals surface area contributed by atoms with Crippen molar-refractivity contribution in [3.8, 4) is 46.0 Å². The van der Waals surface area contributed by atoms with Gasteiger partial charge in [0.15, 0.2) is 0 Å². The predicted octanol–water partition coefficient (Wildman–Crippen LogP) is 7.00. The van der Waals surface area contributed by atoms with Crippen molar-refractivity contribution >= 4 is 39.8 Å². The van der Waals surface area contributed by atoms with Crippen molar-refractivity contribution in [2.24, 2.45) is 0 Å². The van der Waals surface area contributed by atoms with Crippen LogP contribution >= 0.6 is 15.9 Å². The van der Waals surface area contributed by atoms with Gasteiger partial charge in [-0.15, -0.1) is 0 Å². The molecule has 6 amide bonds. The smallest absolute Gasteiger partial charge is 0.328 e. The van der Waals surface area contributed by atoms with E-state index < -0.39 is 11.1 Å². The lowest BCUT2D eigenvalue weighted by atomic mass is 9.85. The molecular weight excluding hydrogens is 1060 g/mol. The Balaban J connectivity index is 0.000000230. The minimum atomic E-state index is -0.888. The standard InChI is InChI=1S/C28H37N3O7.C25H31N3O6.C3H7BrO/c1-34-11-10-31-27(33)30(19-21-14-24(37-4)17-25(15-21)38-5)26(32)28(31)6-8-29(9-7-28)18-20-12-22(35-2)16-23(13-20)36-3;1-31-19-9-17(10-20(13-19)32-2)15-27-7-5-25(6-8-27)23(29)28(24(30)26-25)16-18-11-21(33-3)14-22(12-18)34-4;1-5-3-2-4/h12-17H,6-11,18-19H2,1-5H3;9-14H,5-8,15-16H2,1-4H3,(H,26,30);2-3H2,1H3. The van der Waals surface area contributed by atoms with Crippen LogP contribution in [0.15, 0.2) is 72.8 Å². The second kappa shape index (κ2) is 28.2. The molecule has 4 aromatic carbocycles. The van der Waals surface area contributed by atoms with Crippen LogP contribution in [0.25, 0.3) is 0 Å². The normalized spacial score (nSPS) is 16.8. The first-order valence-electron chi connectivity index (χ1n) is 25.3. The number of urea groups is 2. The molecule has 0 aliphatic carbocycles. The Morgan fingerprint density at radius 2 is 0.779 bits per heavy atom. The van der Waals surface area contributed by atoms with Gasteiger partial charge in [0.05, 0.1) is 83.2 Å². The van der Waals surface area contributed by atoms with E-state index in [1.807, 2.05) is 48.5 Å². The van der Waals surface area contributed by atoms with Crippen LogP contribution < -0.4 is 43.2 Å². The SMILES string of the molecule is COCCBr.COCCN1C(=O)N(Cc2cc(OC)cc(OC)c2)C(=O)C12CCN(Cc1cc(OC)cc(OC)c1)CC2.COc1cc(CN2CCC3(CC2)NC(=O)N(Cc2cc(OC)cc(OC)c2)C3=O)cc(OC)c1. The molecule has 20 nitrogen and oxygen atoms in total. The molecule has 0 atom stereocenters. The number of imide groups is 2. The zero-order valence-corrected chi connectivity index (χ0v) is 47.7. The average Bonchev–Trinajstić information content (AvgIpc) is 3.79. The van der Waals surface area contributed by atoms with Crippen LogP contribution in [0.2, 0.25) is 0 Å². The molecule has 4 aliphatic rings. The number of benzene rings is 4. The van der Waals surface area contributed by atoms with E-state index >= 15 is 0 Å². The highest BCUT2D eigenvalue weighted by molar-refractivity contribution is 9.09. The quantitative estimate of drug-likeness (QED) is 0.0663. The molecule has 2 spiro atoms. The van der Waals surface area contributed by atoms with Crippen LogP contribution in [0, 0.1) is 0 Å². The monoisotopic (exact) mass is 1130 g/mol. The van der Waals surface area contributed by atoms with Gasteiger partial charge in [-0.3, -0.25) is 29.2 Å². The number of methoxy groups -OCH3 is 10. The van der Waals surface area contributed by atoms with Crippen LogP contribution in [0.4, 0.5) is 9.59 Å². The lowest BCUT2D eigenvalue weighted by Gasteiger charge is -2.42. The molecule has 4 aromatic rings. The number of halogens is 1. The van der Waals surface area contributed by atoms with Gasteiger partial charge >= 0.3 is 12.1 Å². The number of amides is 6. The molecule has 0 aromatic heterocycles. The highest BCUT2D eigenvalue weighted by Crippen LogP contribution is 2.40. The van der Waals surface area contributed by atoms with Gasteiger partial charge in [0.1, 0.15) is 57.1 Å². The van der Waals surface area contributed by atoms with Crippen molar-refractivity contribution in [2.45, 2.75) is 62.9 Å². The van der Waals surface area contributed by atoms with Crippen molar-refractivity contribution in [1.29, 1.82) is 0 Å². The molecule has 1 N–H and O–H groups in total. The van der Waals surface area contributed by atoms with Gasteiger partial charge in [-0.25, -0.2) is 9.59 Å². The third kappa shape index (κ3) is 14.7. The van der Waals surface area contributed by atoms with Gasteiger partial charge in [0, 0.05) is 89.6 Å². The molecule has 4 saturated heterocycles. The summed E-state index contributed by atoms with van der Waals surface area (Å²) in [7, 11) is 16.1. The summed E-state index contributed by atoms with van der Waals surface area (Å²) >= 11 is 3.18. The Morgan fingerprint density at radius 1 is 0.442 bits per heavy atom. The summed E-state index contributed by atoms with van der Waals surface area (Å²) in [6.45, 7) is 5.93. The highest BCUT2D eigenvalue weighted by atomic mass is 79.9. The Bertz CT molecular complexity index is 2530. The lowest BCUT2D eigenvalue weighted by molar-refractivity contribution is -0.136. The summed E-state index contributed by atoms with van der Waals surface area (Å²) in [6, 6.07) is 21.7. The van der Waals surface area contributed by atoms with E-state index in [-0.39, 0.29) is 37.0 Å². The van der Waals surface area contributed by atoms with E-state index in [4.69, 9.17) is 42.6 Å². The maximum absolute atomic E-state index is 13.9. The Labute approximate surface area is 460 Å². The average molecular weight is 1140 g/mol. The number of ether oxygens (including phenoxy) is 10. The third-order valence-electron chi connectivity index (χ3n) is 14.2. The van der Waals surface area contributed by atoms with Crippen LogP contribution in [-0.2, 0) is 45.2 Å². The van der Waals surface area contributed by atoms with E-state index in [2.05, 4.69) is 35.8 Å². The fourth-order valence-electron chi connectivity index (χ4n) is 10.0. The number of alkyl halides is 1. The summed E-state index contributed by atoms with van der Waals surface area (Å²) in [5, 5.41) is 3.91. The number of nitrogens with zero attached hydrogens (tertiary/aromatic N) is 5. The molecule has 420 valence electrons. The second-order valence-corrected chi connectivity index (χ2v) is 19.7. The largest absolute Gasteiger partial charge is 0.497 e. The maximum atomic E-state index is 13.9. The maximum Gasteiger partial charge on any atom is 0.328 e. The molecule has 0 saturated carbocycles. The molecule has 0 unspecified atom stereocenters. The zero-order valence-electron chi connectivity index (χ0n) is 46.1. The van der Waals surface area contributed by atoms with Gasteiger partial charge < -0.3 is 57.6 Å². The highest BCUT2D eigenvalue weighted by Gasteiger charge is 2.58. The summed E-state index contributed by atoms with van der Waals surface area (Å²) in [5.41, 5.74) is 1.92. The molecule has 77 heavy (non-hydrogen) atoms. The first-order valence-corrected chi connectivity index (χ1v) is 26.4. The summed E-state index contributed by atoms with van der Waals surface area (Å²) in [4.78, 5) is 62.6. The van der Waals surface area contributed by atoms with E-state index in [9.17, 15) is 19.2 Å². The van der Waals surface area contributed by atoms with Crippen molar-refractivity contribution < 1.29 is 66.5 Å². The minimum Gasteiger partial charge on any atom is -0.497 e. The molecule has 4 aliphatic heterocycles. The van der Waals surface area contributed by atoms with E-state index in [0.717, 1.165) is 57.2 Å². The zero-order chi connectivity index (χ0) is 55.7. The van der Waals surface area contributed by atoms with Crippen LogP contribution in [-0.4, -0.2) is 182 Å². The number of nitrogens with one attached hydrogen (secondary N) is 1. The molecule has 0 bridgehead atoms. The minimum absolute atomic E-state index is 0.143. The molecule has 21 heteroatoms. The Morgan fingerprint density at radius 3 is 1.10 bits per heavy atom. The van der Waals surface area contributed by atoms with Crippen LogP contribution in [0.1, 0.15) is 47.9 Å². The molecule has 4 fully saturated rings. The number of piperidine rings is 2. The van der Waals surface area contributed by atoms with Gasteiger partial charge in [0.25, 0.3) is 11.8 Å². The topological polar surface area (TPSA) is 189 Å². The predicted molar refractivity (Wildman–Crippen MR) is 292 cm³/mol. The van der Waals surface area contributed by atoms with Gasteiger partial charge in [-0.1, -0.05) is 15.9 Å². The van der Waals surface area contributed by atoms with Crippen LogP contribution in [0.3, 0.4) is 0 Å². The van der Waals surface area contributed by atoms with E-state index in [1.54, 1.807) is 100 Å². The Hall–Kier alpha value is -6.52. The second-order valence-electron chi connectivity index (χ2n) is 18.9. The van der Waals surface area contributed by atoms with Gasteiger partial charge in [-0.05, 0) is 96.5 Å². The fourth-order valence-corrected chi connectivity index (χ4v) is 10.3.